The molecule has 0 saturated heterocycles. The Balaban J connectivity index is -0.000000320. The minimum absolute atomic E-state index is 0. The molecule has 0 aliphatic heterocycles. The molecule has 11 heteroatoms. The summed E-state index contributed by atoms with van der Waals surface area (Å²) in [5, 5.41) is 0. The molecule has 0 amide bonds. The first-order chi connectivity index (χ1) is 3.71. The third-order valence-electron chi connectivity index (χ3n) is 0.172. The van der Waals surface area contributed by atoms with Crippen LogP contribution in [0.25, 0.3) is 0 Å². The molecule has 0 spiro atoms. The fraction of sp³-hybridized carbons (Fsp3) is 0. The molecule has 62 valence electrons. The van der Waals surface area contributed by atoms with Gasteiger partial charge in [0.25, 0.3) is 0 Å². The minimum atomic E-state index is -5.12. The Bertz CT molecular complexity index is 242. The van der Waals surface area contributed by atoms with Crippen molar-refractivity contribution >= 4 is 95.2 Å². The maximum atomic E-state index is 9.44. The van der Waals surface area contributed by atoms with Crippen molar-refractivity contribution in [2.45, 2.75) is 0 Å². The van der Waals surface area contributed by atoms with Gasteiger partial charge in [-0.25, -0.2) is 0 Å². The summed E-state index contributed by atoms with van der Waals surface area (Å²) in [6.45, 7) is 0. The summed E-state index contributed by atoms with van der Waals surface area (Å²) in [7, 11) is -10.2. The van der Waals surface area contributed by atoms with E-state index in [1.165, 1.54) is 0 Å². The number of hydrogen-bond acceptors (Lipinski definition) is 5. The third-order valence-corrected chi connectivity index (χ3v) is 1.55. The maximum absolute atomic E-state index is 9.44. The molecular formula is H5KMgO7S2. The molecule has 0 heterocycles. The second-order valence-corrected chi connectivity index (χ2v) is 3.18. The van der Waals surface area contributed by atoms with Gasteiger partial charge in [-0.05, 0) is 0 Å². The van der Waals surface area contributed by atoms with Gasteiger partial charge in [0.2, 0.25) is 0 Å². The Kier molecular flexibility index (Phi) is 11.3. The fourth-order valence-corrected chi connectivity index (χ4v) is 0.978. The molecule has 0 radical (unpaired) electrons. The van der Waals surface area contributed by atoms with Gasteiger partial charge in [0, 0.05) is 0 Å². The topological polar surface area (TPSA) is 118 Å². The van der Waals surface area contributed by atoms with E-state index in [1.54, 1.807) is 0 Å². The maximum Gasteiger partial charge on any atom is 0.316 e. The Morgan fingerprint density at radius 2 is 1.09 bits per heavy atom. The average Bonchev–Trinajstić information content (AvgIpc) is 1.14. The van der Waals surface area contributed by atoms with E-state index in [2.05, 4.69) is 3.63 Å². The summed E-state index contributed by atoms with van der Waals surface area (Å²) < 4.78 is 55.6. The van der Waals surface area contributed by atoms with E-state index in [4.69, 9.17) is 9.11 Å². The number of rotatable bonds is 2. The molecule has 0 aliphatic carbocycles. The monoisotopic (exact) mass is 244 g/mol. The Hall–Kier alpha value is 2.18. The van der Waals surface area contributed by atoms with Crippen LogP contribution in [0.1, 0.15) is 0 Å². The van der Waals surface area contributed by atoms with E-state index < -0.39 is 20.8 Å². The van der Waals surface area contributed by atoms with Gasteiger partial charge in [-0.15, -0.1) is 3.63 Å². The smallest absolute Gasteiger partial charge is 0.316 e. The molecule has 0 unspecified atom stereocenters. The van der Waals surface area contributed by atoms with Gasteiger partial charge in [0.05, 0.1) is 0 Å². The standard InChI is InChI=1S/K.Mg.H2O7S2.3H/c;;1-8(2,3)7-9(4,5)6;;;/h;;(H,1,2,3)(H,4,5,6);;;. The molecule has 0 fully saturated rings. The van der Waals surface area contributed by atoms with E-state index in [0.29, 0.717) is 0 Å². The van der Waals surface area contributed by atoms with Gasteiger partial charge in [-0.3, -0.25) is 9.11 Å². The largest absolute Gasteiger partial charge is 0.316 e. The van der Waals surface area contributed by atoms with Gasteiger partial charge in [0.15, 0.2) is 0 Å². The average molecular weight is 245 g/mol. The molecular weight excluding hydrogens is 240 g/mol. The molecule has 2 N–H and O–H groups in total. The zero-order chi connectivity index (χ0) is 7.71. The van der Waals surface area contributed by atoms with E-state index >= 15 is 0 Å². The van der Waals surface area contributed by atoms with Crippen LogP contribution in [-0.2, 0) is 24.4 Å². The van der Waals surface area contributed by atoms with Gasteiger partial charge in [0.1, 0.15) is 0 Å². The molecule has 0 aromatic carbocycles. The zero-order valence-corrected chi connectivity index (χ0v) is 5.39. The van der Waals surface area contributed by atoms with Crippen LogP contribution in [0.4, 0.5) is 0 Å². The molecule has 0 bridgehead atoms. The molecule has 0 aromatic heterocycles. The van der Waals surface area contributed by atoms with Gasteiger partial charge < -0.3 is 0 Å². The van der Waals surface area contributed by atoms with Crippen LogP contribution >= 0.6 is 0 Å². The van der Waals surface area contributed by atoms with Crippen molar-refractivity contribution in [3.05, 3.63) is 0 Å². The van der Waals surface area contributed by atoms with Crippen molar-refractivity contribution in [2.24, 2.45) is 0 Å². The minimum Gasteiger partial charge on any atom is 0.316 e. The van der Waals surface area contributed by atoms with Gasteiger partial charge >= 0.3 is 95.2 Å². The summed E-state index contributed by atoms with van der Waals surface area (Å²) >= 11 is 0. The zero-order valence-electron chi connectivity index (χ0n) is 3.75. The predicted molar refractivity (Wildman–Crippen MR) is 39.9 cm³/mol. The molecule has 0 rings (SSSR count). The fourth-order valence-electron chi connectivity index (χ4n) is 0.109. The first kappa shape index (κ1) is 18.9. The van der Waals surface area contributed by atoms with Crippen molar-refractivity contribution < 1.29 is 29.6 Å². The summed E-state index contributed by atoms with van der Waals surface area (Å²) in [6.07, 6.45) is 0. The summed E-state index contributed by atoms with van der Waals surface area (Å²) in [4.78, 5) is 0. The summed E-state index contributed by atoms with van der Waals surface area (Å²) in [5.74, 6) is 0. The van der Waals surface area contributed by atoms with Crippen LogP contribution in [0.3, 0.4) is 0 Å². The molecule has 0 atom stereocenters. The summed E-state index contributed by atoms with van der Waals surface area (Å²) in [6, 6.07) is 0. The molecule has 0 aromatic rings. The number of hydrogen-bond donors (Lipinski definition) is 2. The van der Waals surface area contributed by atoms with Crippen LogP contribution < -0.4 is 0 Å². The van der Waals surface area contributed by atoms with E-state index in [9.17, 15) is 16.8 Å². The molecule has 11 heavy (non-hydrogen) atoms. The van der Waals surface area contributed by atoms with Crippen molar-refractivity contribution in [2.75, 3.05) is 0 Å². The SMILES string of the molecule is O=S(=O)(O)OS(=O)(=O)O.[KH].[MgH2]. The quantitative estimate of drug-likeness (QED) is 0.394. The first-order valence-corrected chi connectivity index (χ1v) is 4.10. The first-order valence-electron chi connectivity index (χ1n) is 1.37. The second-order valence-electron chi connectivity index (χ2n) is 0.924. The third kappa shape index (κ3) is 18.9. The van der Waals surface area contributed by atoms with Crippen LogP contribution in [0.15, 0.2) is 0 Å². The van der Waals surface area contributed by atoms with Crippen molar-refractivity contribution in [3.8, 4) is 0 Å². The molecule has 7 nitrogen and oxygen atoms in total. The van der Waals surface area contributed by atoms with Crippen molar-refractivity contribution in [3.63, 3.8) is 0 Å². The predicted octanol–water partition coefficient (Wildman–Crippen LogP) is -2.96. The van der Waals surface area contributed by atoms with Crippen molar-refractivity contribution in [1.82, 2.24) is 0 Å². The van der Waals surface area contributed by atoms with Crippen LogP contribution in [0.5, 0.6) is 0 Å². The Labute approximate surface area is 122 Å². The molecule has 0 saturated carbocycles. The Morgan fingerprint density at radius 3 is 1.09 bits per heavy atom. The molecule has 0 aliphatic rings. The van der Waals surface area contributed by atoms with Crippen LogP contribution in [-0.4, -0.2) is 100 Å². The van der Waals surface area contributed by atoms with E-state index in [0.717, 1.165) is 0 Å². The van der Waals surface area contributed by atoms with Gasteiger partial charge in [-0.1, -0.05) is 0 Å². The normalized spacial score (nSPS) is 11.1. The van der Waals surface area contributed by atoms with E-state index in [1.807, 2.05) is 0 Å². The van der Waals surface area contributed by atoms with Gasteiger partial charge in [-0.2, -0.15) is 16.8 Å². The van der Waals surface area contributed by atoms with E-state index in [-0.39, 0.29) is 74.4 Å². The van der Waals surface area contributed by atoms with Crippen LogP contribution in [0.2, 0.25) is 0 Å². The Morgan fingerprint density at radius 1 is 0.909 bits per heavy atom. The summed E-state index contributed by atoms with van der Waals surface area (Å²) in [5.41, 5.74) is 0. The van der Waals surface area contributed by atoms with Crippen LogP contribution in [0, 0.1) is 0 Å². The second kappa shape index (κ2) is 6.61. The van der Waals surface area contributed by atoms with Crippen molar-refractivity contribution in [1.29, 1.82) is 0 Å².